The Morgan fingerprint density at radius 3 is 2.74 bits per heavy atom. The first-order valence-electron chi connectivity index (χ1n) is 7.63. The fraction of sp³-hybridized carbons (Fsp3) is 0.412. The highest BCUT2D eigenvalue weighted by Gasteiger charge is 2.10. The van der Waals surface area contributed by atoms with Gasteiger partial charge in [-0.2, -0.15) is 0 Å². The van der Waals surface area contributed by atoms with Gasteiger partial charge in [-0.15, -0.1) is 23.1 Å². The van der Waals surface area contributed by atoms with E-state index in [1.54, 1.807) is 11.3 Å². The second-order valence-electron chi connectivity index (χ2n) is 5.38. The molecule has 1 N–H and O–H groups in total. The van der Waals surface area contributed by atoms with Crippen molar-refractivity contribution in [3.8, 4) is 0 Å². The second-order valence-corrected chi connectivity index (χ2v) is 7.96. The summed E-state index contributed by atoms with van der Waals surface area (Å²) in [6.07, 6.45) is 0. The summed E-state index contributed by atoms with van der Waals surface area (Å²) in [5, 5.41) is 7.11. The smallest absolute Gasteiger partial charge is 0.193 e. The van der Waals surface area contributed by atoms with Crippen LogP contribution in [0.25, 0.3) is 0 Å². The highest BCUT2D eigenvalue weighted by molar-refractivity contribution is 8.00. The first-order valence-corrected chi connectivity index (χ1v) is 9.39. The lowest BCUT2D eigenvalue weighted by Gasteiger charge is -2.22. The minimum atomic E-state index is 0.462. The van der Waals surface area contributed by atoms with Crippen molar-refractivity contribution in [1.82, 2.24) is 15.2 Å². The standard InChI is InChI=1S/C17H24N4S2/c1-13(23-16-8-6-5-7-9-16)10-19-17(18-3)21(4)11-15-12-22-14(2)20-15/h5-9,12-13H,10-11H2,1-4H3,(H,18,19). The maximum Gasteiger partial charge on any atom is 0.193 e. The largest absolute Gasteiger partial charge is 0.355 e. The fourth-order valence-electron chi connectivity index (χ4n) is 2.19. The van der Waals surface area contributed by atoms with Crippen molar-refractivity contribution in [3.05, 3.63) is 46.4 Å². The molecule has 0 bridgehead atoms. The number of nitrogens with zero attached hydrogens (tertiary/aromatic N) is 3. The average molecular weight is 349 g/mol. The average Bonchev–Trinajstić information content (AvgIpc) is 2.94. The minimum Gasteiger partial charge on any atom is -0.355 e. The van der Waals surface area contributed by atoms with Crippen molar-refractivity contribution in [3.63, 3.8) is 0 Å². The number of nitrogens with one attached hydrogen (secondary N) is 1. The topological polar surface area (TPSA) is 40.5 Å². The Morgan fingerprint density at radius 1 is 1.39 bits per heavy atom. The SMILES string of the molecule is CN=C(NCC(C)Sc1ccccc1)N(C)Cc1csc(C)n1. The van der Waals surface area contributed by atoms with Crippen LogP contribution in [0.3, 0.4) is 0 Å². The van der Waals surface area contributed by atoms with E-state index in [9.17, 15) is 0 Å². The van der Waals surface area contributed by atoms with Crippen molar-refractivity contribution < 1.29 is 0 Å². The third kappa shape index (κ3) is 5.88. The van der Waals surface area contributed by atoms with E-state index in [0.717, 1.165) is 29.8 Å². The van der Waals surface area contributed by atoms with Gasteiger partial charge < -0.3 is 10.2 Å². The van der Waals surface area contributed by atoms with Gasteiger partial charge in [0.1, 0.15) is 0 Å². The second kappa shape index (κ2) is 8.93. The molecule has 1 atom stereocenters. The Bertz CT molecular complexity index is 625. The third-order valence-electron chi connectivity index (χ3n) is 3.27. The maximum atomic E-state index is 4.51. The van der Waals surface area contributed by atoms with Crippen LogP contribution in [0.1, 0.15) is 17.6 Å². The molecule has 0 saturated carbocycles. The molecule has 4 nitrogen and oxygen atoms in total. The maximum absolute atomic E-state index is 4.51. The van der Waals surface area contributed by atoms with Gasteiger partial charge in [0.2, 0.25) is 0 Å². The van der Waals surface area contributed by atoms with E-state index in [2.05, 4.69) is 56.8 Å². The zero-order valence-electron chi connectivity index (χ0n) is 14.1. The van der Waals surface area contributed by atoms with Crippen LogP contribution in [0.5, 0.6) is 0 Å². The highest BCUT2D eigenvalue weighted by Crippen LogP contribution is 2.22. The number of thiazole rings is 1. The van der Waals surface area contributed by atoms with E-state index < -0.39 is 0 Å². The van der Waals surface area contributed by atoms with Crippen LogP contribution in [-0.4, -0.2) is 41.7 Å². The lowest BCUT2D eigenvalue weighted by Crippen LogP contribution is -2.40. The number of aryl methyl sites for hydroxylation is 1. The van der Waals surface area contributed by atoms with Crippen molar-refractivity contribution >= 4 is 29.1 Å². The highest BCUT2D eigenvalue weighted by atomic mass is 32.2. The zero-order chi connectivity index (χ0) is 16.7. The third-order valence-corrected chi connectivity index (χ3v) is 5.20. The Balaban J connectivity index is 1.82. The van der Waals surface area contributed by atoms with Crippen molar-refractivity contribution in [2.75, 3.05) is 20.6 Å². The van der Waals surface area contributed by atoms with Crippen LogP contribution < -0.4 is 5.32 Å². The predicted octanol–water partition coefficient (Wildman–Crippen LogP) is 3.64. The molecule has 2 rings (SSSR count). The minimum absolute atomic E-state index is 0.462. The molecule has 0 saturated heterocycles. The molecule has 0 spiro atoms. The monoisotopic (exact) mass is 348 g/mol. The lowest BCUT2D eigenvalue weighted by atomic mass is 10.4. The molecule has 23 heavy (non-hydrogen) atoms. The molecule has 0 fully saturated rings. The number of hydrogen-bond acceptors (Lipinski definition) is 4. The van der Waals surface area contributed by atoms with Crippen LogP contribution in [0.4, 0.5) is 0 Å². The van der Waals surface area contributed by atoms with E-state index in [4.69, 9.17) is 0 Å². The van der Waals surface area contributed by atoms with Gasteiger partial charge in [0.15, 0.2) is 5.96 Å². The van der Waals surface area contributed by atoms with E-state index >= 15 is 0 Å². The zero-order valence-corrected chi connectivity index (χ0v) is 15.7. The van der Waals surface area contributed by atoms with Gasteiger partial charge in [-0.3, -0.25) is 4.99 Å². The summed E-state index contributed by atoms with van der Waals surface area (Å²) in [6, 6.07) is 10.5. The molecular formula is C17H24N4S2. The van der Waals surface area contributed by atoms with Crippen LogP contribution in [-0.2, 0) is 6.54 Å². The Labute approximate surface area is 147 Å². The molecule has 1 aromatic heterocycles. The Kier molecular flexibility index (Phi) is 6.92. The summed E-state index contributed by atoms with van der Waals surface area (Å²) in [7, 11) is 3.86. The molecule has 0 aliphatic carbocycles. The molecule has 0 radical (unpaired) electrons. The van der Waals surface area contributed by atoms with Crippen LogP contribution in [0.15, 0.2) is 45.6 Å². The molecule has 1 heterocycles. The summed E-state index contributed by atoms with van der Waals surface area (Å²) in [6.45, 7) is 5.89. The summed E-state index contributed by atoms with van der Waals surface area (Å²) in [5.41, 5.74) is 1.09. The van der Waals surface area contributed by atoms with Gasteiger partial charge in [-0.05, 0) is 19.1 Å². The van der Waals surface area contributed by atoms with Gasteiger partial charge in [0, 0.05) is 36.2 Å². The van der Waals surface area contributed by atoms with Gasteiger partial charge in [-0.25, -0.2) is 4.98 Å². The molecule has 2 aromatic rings. The first-order chi connectivity index (χ1) is 11.1. The Morgan fingerprint density at radius 2 is 2.13 bits per heavy atom. The number of guanidine groups is 1. The van der Waals surface area contributed by atoms with Crippen molar-refractivity contribution in [1.29, 1.82) is 0 Å². The van der Waals surface area contributed by atoms with E-state index in [-0.39, 0.29) is 0 Å². The summed E-state index contributed by atoms with van der Waals surface area (Å²) >= 11 is 3.55. The predicted molar refractivity (Wildman–Crippen MR) is 101 cm³/mol. The van der Waals surface area contributed by atoms with Crippen molar-refractivity contribution in [2.45, 2.75) is 30.5 Å². The van der Waals surface area contributed by atoms with Crippen LogP contribution in [0, 0.1) is 6.92 Å². The number of rotatable bonds is 6. The van der Waals surface area contributed by atoms with Gasteiger partial charge in [-0.1, -0.05) is 25.1 Å². The Hall–Kier alpha value is -1.53. The molecule has 1 unspecified atom stereocenters. The summed E-state index contributed by atoms with van der Waals surface area (Å²) in [4.78, 5) is 12.3. The quantitative estimate of drug-likeness (QED) is 0.491. The molecular weight excluding hydrogens is 324 g/mol. The number of aliphatic imine (C=N–C) groups is 1. The molecule has 0 aliphatic rings. The summed E-state index contributed by atoms with van der Waals surface area (Å²) in [5.74, 6) is 0.899. The van der Waals surface area contributed by atoms with Crippen molar-refractivity contribution in [2.24, 2.45) is 4.99 Å². The fourth-order valence-corrected chi connectivity index (χ4v) is 3.74. The molecule has 0 amide bonds. The molecule has 1 aromatic carbocycles. The van der Waals surface area contributed by atoms with E-state index in [1.165, 1.54) is 4.90 Å². The molecule has 6 heteroatoms. The summed E-state index contributed by atoms with van der Waals surface area (Å²) < 4.78 is 0. The van der Waals surface area contributed by atoms with Crippen LogP contribution >= 0.6 is 23.1 Å². The first kappa shape index (κ1) is 17.8. The molecule has 0 aliphatic heterocycles. The van der Waals surface area contributed by atoms with Gasteiger partial charge in [0.05, 0.1) is 17.2 Å². The molecule has 124 valence electrons. The van der Waals surface area contributed by atoms with E-state index in [1.807, 2.05) is 38.8 Å². The van der Waals surface area contributed by atoms with E-state index in [0.29, 0.717) is 5.25 Å². The van der Waals surface area contributed by atoms with Crippen LogP contribution in [0.2, 0.25) is 0 Å². The lowest BCUT2D eigenvalue weighted by molar-refractivity contribution is 0.471. The van der Waals surface area contributed by atoms with Gasteiger partial charge >= 0.3 is 0 Å². The normalized spacial score (nSPS) is 13.0. The number of benzene rings is 1. The van der Waals surface area contributed by atoms with Gasteiger partial charge in [0.25, 0.3) is 0 Å². The number of hydrogen-bond donors (Lipinski definition) is 1. The number of thioether (sulfide) groups is 1. The number of aromatic nitrogens is 1.